The molecule has 7 heteroatoms. The maximum atomic E-state index is 12.7. The summed E-state index contributed by atoms with van der Waals surface area (Å²) in [4.78, 5) is 45.1. The Labute approximate surface area is 163 Å². The minimum absolute atomic E-state index is 0.0710. The summed E-state index contributed by atoms with van der Waals surface area (Å²) in [5.74, 6) is -0.933. The van der Waals surface area contributed by atoms with Gasteiger partial charge in [0.2, 0.25) is 5.91 Å². The number of piperidine rings is 2. The molecular weight excluding hydrogens is 358 g/mol. The van der Waals surface area contributed by atoms with Crippen LogP contribution in [0.25, 0.3) is 0 Å². The molecule has 4 rings (SSSR count). The van der Waals surface area contributed by atoms with Crippen LogP contribution in [0.4, 0.5) is 0 Å². The molecule has 2 aromatic rings. The number of aromatic nitrogens is 1. The molecule has 2 saturated heterocycles. The van der Waals surface area contributed by atoms with Gasteiger partial charge in [-0.1, -0.05) is 6.07 Å². The van der Waals surface area contributed by atoms with Gasteiger partial charge in [-0.25, -0.2) is 0 Å². The van der Waals surface area contributed by atoms with Crippen molar-refractivity contribution in [3.63, 3.8) is 0 Å². The summed E-state index contributed by atoms with van der Waals surface area (Å²) < 4.78 is 5.09. The number of Topliss-reactive ketones (excluding diaryl/α,β-unsaturated/α-hetero) is 1. The molecule has 0 saturated carbocycles. The Balaban J connectivity index is 1.47. The maximum Gasteiger partial charge on any atom is 0.298 e. The smallest absolute Gasteiger partial charge is 0.298 e. The predicted molar refractivity (Wildman–Crippen MR) is 100 cm³/mol. The van der Waals surface area contributed by atoms with E-state index in [9.17, 15) is 14.4 Å². The lowest BCUT2D eigenvalue weighted by Crippen LogP contribution is -2.55. The summed E-state index contributed by atoms with van der Waals surface area (Å²) in [6, 6.07) is 6.93. The summed E-state index contributed by atoms with van der Waals surface area (Å²) in [7, 11) is 0. The second-order valence-electron chi connectivity index (χ2n) is 7.75. The SMILES string of the molecule is O=C(C(=O)N1CCC[C@@]2(CCC(=O)N(Cc3cccnc3)C2)C1)c1ccco1. The van der Waals surface area contributed by atoms with E-state index >= 15 is 0 Å². The fraction of sp³-hybridized carbons (Fsp3) is 0.429. The Morgan fingerprint density at radius 1 is 1.18 bits per heavy atom. The molecule has 1 atom stereocenters. The summed E-state index contributed by atoms with van der Waals surface area (Å²) in [6.45, 7) is 2.17. The van der Waals surface area contributed by atoms with Crippen molar-refractivity contribution in [1.82, 2.24) is 14.8 Å². The molecule has 7 nitrogen and oxygen atoms in total. The number of hydrogen-bond acceptors (Lipinski definition) is 5. The van der Waals surface area contributed by atoms with E-state index in [1.807, 2.05) is 17.0 Å². The minimum Gasteiger partial charge on any atom is -0.461 e. The van der Waals surface area contributed by atoms with Crippen molar-refractivity contribution in [2.75, 3.05) is 19.6 Å². The highest BCUT2D eigenvalue weighted by atomic mass is 16.3. The van der Waals surface area contributed by atoms with Gasteiger partial charge in [-0.3, -0.25) is 19.4 Å². The average Bonchev–Trinajstić information content (AvgIpc) is 3.26. The molecule has 0 radical (unpaired) electrons. The molecule has 0 aromatic carbocycles. The molecule has 4 heterocycles. The van der Waals surface area contributed by atoms with Gasteiger partial charge in [-0.2, -0.15) is 0 Å². The number of carbonyl (C=O) groups is 3. The van der Waals surface area contributed by atoms with Gasteiger partial charge in [0, 0.05) is 50.4 Å². The lowest BCUT2D eigenvalue weighted by Gasteiger charge is -2.48. The molecular formula is C21H23N3O4. The molecule has 1 spiro atoms. The average molecular weight is 381 g/mol. The van der Waals surface area contributed by atoms with Crippen molar-refractivity contribution >= 4 is 17.6 Å². The van der Waals surface area contributed by atoms with Gasteiger partial charge in [-0.05, 0) is 43.0 Å². The van der Waals surface area contributed by atoms with Gasteiger partial charge >= 0.3 is 0 Å². The molecule has 28 heavy (non-hydrogen) atoms. The van der Waals surface area contributed by atoms with Crippen LogP contribution in [0.15, 0.2) is 47.3 Å². The number of amides is 2. The normalized spacial score (nSPS) is 22.5. The van der Waals surface area contributed by atoms with Crippen LogP contribution in [-0.2, 0) is 16.1 Å². The molecule has 2 fully saturated rings. The summed E-state index contributed by atoms with van der Waals surface area (Å²) in [5, 5.41) is 0. The van der Waals surface area contributed by atoms with E-state index in [0.29, 0.717) is 32.6 Å². The maximum absolute atomic E-state index is 12.7. The number of hydrogen-bond donors (Lipinski definition) is 0. The third-order valence-corrected chi connectivity index (χ3v) is 5.73. The van der Waals surface area contributed by atoms with Gasteiger partial charge in [0.1, 0.15) is 0 Å². The predicted octanol–water partition coefficient (Wildman–Crippen LogP) is 2.29. The number of ketones is 1. The Kier molecular flexibility index (Phi) is 4.98. The molecule has 2 aromatic heterocycles. The first-order valence-corrected chi connectivity index (χ1v) is 9.60. The molecule has 0 unspecified atom stereocenters. The number of furan rings is 1. The van der Waals surface area contributed by atoms with E-state index < -0.39 is 11.7 Å². The fourth-order valence-electron chi connectivity index (χ4n) is 4.33. The van der Waals surface area contributed by atoms with E-state index in [-0.39, 0.29) is 17.1 Å². The first-order chi connectivity index (χ1) is 13.6. The fourth-order valence-corrected chi connectivity index (χ4v) is 4.33. The largest absolute Gasteiger partial charge is 0.461 e. The Morgan fingerprint density at radius 3 is 2.82 bits per heavy atom. The third-order valence-electron chi connectivity index (χ3n) is 5.73. The van der Waals surface area contributed by atoms with Gasteiger partial charge in [0.25, 0.3) is 11.7 Å². The van der Waals surface area contributed by atoms with Gasteiger partial charge in [-0.15, -0.1) is 0 Å². The van der Waals surface area contributed by atoms with Crippen LogP contribution in [0.2, 0.25) is 0 Å². The Hall–Kier alpha value is -2.96. The Morgan fingerprint density at radius 2 is 2.07 bits per heavy atom. The van der Waals surface area contributed by atoms with Crippen LogP contribution in [0.1, 0.15) is 41.8 Å². The minimum atomic E-state index is -0.610. The van der Waals surface area contributed by atoms with Crippen LogP contribution in [0, 0.1) is 5.41 Å². The number of pyridine rings is 1. The van der Waals surface area contributed by atoms with Crippen LogP contribution in [0.5, 0.6) is 0 Å². The molecule has 146 valence electrons. The molecule has 2 amide bonds. The Bertz CT molecular complexity index is 865. The summed E-state index contributed by atoms with van der Waals surface area (Å²) >= 11 is 0. The first kappa shape index (κ1) is 18.4. The quantitative estimate of drug-likeness (QED) is 0.599. The lowest BCUT2D eigenvalue weighted by molar-refractivity contribution is -0.142. The number of nitrogens with zero attached hydrogens (tertiary/aromatic N) is 3. The molecule has 0 aliphatic carbocycles. The van der Waals surface area contributed by atoms with E-state index in [4.69, 9.17) is 4.42 Å². The van der Waals surface area contributed by atoms with E-state index in [1.165, 1.54) is 12.3 Å². The lowest BCUT2D eigenvalue weighted by atomic mass is 9.73. The highest BCUT2D eigenvalue weighted by Gasteiger charge is 2.43. The standard InChI is InChI=1S/C21H23N3O4/c25-18-6-8-21(15-24(18)13-16-4-1-9-22-12-16)7-3-10-23(14-21)20(27)19(26)17-5-2-11-28-17/h1-2,4-5,9,11-12H,3,6-8,10,13-15H2/t21-/m1/s1. The van der Waals surface area contributed by atoms with Crippen molar-refractivity contribution in [3.05, 3.63) is 54.2 Å². The van der Waals surface area contributed by atoms with Crippen molar-refractivity contribution in [2.45, 2.75) is 32.2 Å². The van der Waals surface area contributed by atoms with Gasteiger partial charge < -0.3 is 14.2 Å². The van der Waals surface area contributed by atoms with Crippen LogP contribution >= 0.6 is 0 Å². The molecule has 0 bridgehead atoms. The molecule has 0 N–H and O–H groups in total. The van der Waals surface area contributed by atoms with Gasteiger partial charge in [0.05, 0.1) is 6.26 Å². The highest BCUT2D eigenvalue weighted by molar-refractivity contribution is 6.41. The number of rotatable bonds is 4. The number of carbonyl (C=O) groups excluding carboxylic acids is 3. The van der Waals surface area contributed by atoms with Crippen LogP contribution < -0.4 is 0 Å². The zero-order chi connectivity index (χ0) is 19.6. The monoisotopic (exact) mass is 381 g/mol. The first-order valence-electron chi connectivity index (χ1n) is 9.60. The van der Waals surface area contributed by atoms with Crippen LogP contribution in [0.3, 0.4) is 0 Å². The van der Waals surface area contributed by atoms with E-state index in [0.717, 1.165) is 24.8 Å². The zero-order valence-corrected chi connectivity index (χ0v) is 15.7. The third kappa shape index (κ3) is 3.69. The van der Waals surface area contributed by atoms with Crippen molar-refractivity contribution in [3.8, 4) is 0 Å². The molecule has 2 aliphatic heterocycles. The topological polar surface area (TPSA) is 83.7 Å². The second kappa shape index (κ2) is 7.58. The highest BCUT2D eigenvalue weighted by Crippen LogP contribution is 2.39. The zero-order valence-electron chi connectivity index (χ0n) is 15.7. The van der Waals surface area contributed by atoms with Gasteiger partial charge in [0.15, 0.2) is 5.76 Å². The summed E-state index contributed by atoms with van der Waals surface area (Å²) in [6.07, 6.45) is 7.86. The summed E-state index contributed by atoms with van der Waals surface area (Å²) in [5.41, 5.74) is 0.831. The van der Waals surface area contributed by atoms with Crippen molar-refractivity contribution < 1.29 is 18.8 Å². The molecule has 2 aliphatic rings. The number of likely N-dealkylation sites (tertiary alicyclic amines) is 2. The van der Waals surface area contributed by atoms with E-state index in [1.54, 1.807) is 23.4 Å². The second-order valence-corrected chi connectivity index (χ2v) is 7.75. The van der Waals surface area contributed by atoms with Crippen molar-refractivity contribution in [2.24, 2.45) is 5.41 Å². The van der Waals surface area contributed by atoms with Crippen molar-refractivity contribution in [1.29, 1.82) is 0 Å². The van der Waals surface area contributed by atoms with Crippen LogP contribution in [-0.4, -0.2) is 52.0 Å². The van der Waals surface area contributed by atoms with E-state index in [2.05, 4.69) is 4.98 Å².